The molecule has 7 heteroatoms. The van der Waals surface area contributed by atoms with E-state index in [0.29, 0.717) is 5.69 Å². The fourth-order valence-electron chi connectivity index (χ4n) is 2.85. The second kappa shape index (κ2) is 9.92. The molecule has 0 atom stereocenters. The molecular weight excluding hydrogens is 358 g/mol. The van der Waals surface area contributed by atoms with Crippen LogP contribution in [0.2, 0.25) is 0 Å². The third-order valence-corrected chi connectivity index (χ3v) is 4.12. The Balaban J connectivity index is 1.84. The minimum Gasteiger partial charge on any atom is -0.444 e. The SMILES string of the molecule is CC(C)(C)OC(=O)NCC(=O)NCc1ccccc1NC(=O)C=C1CCCC1. The third-order valence-electron chi connectivity index (χ3n) is 4.12. The van der Waals surface area contributed by atoms with Gasteiger partial charge in [-0.3, -0.25) is 9.59 Å². The van der Waals surface area contributed by atoms with E-state index in [1.165, 1.54) is 5.57 Å². The van der Waals surface area contributed by atoms with E-state index in [-0.39, 0.29) is 24.9 Å². The van der Waals surface area contributed by atoms with Gasteiger partial charge in [-0.2, -0.15) is 0 Å². The van der Waals surface area contributed by atoms with Crippen molar-refractivity contribution in [1.29, 1.82) is 0 Å². The van der Waals surface area contributed by atoms with Crippen molar-refractivity contribution in [1.82, 2.24) is 10.6 Å². The molecule has 1 aliphatic carbocycles. The molecule has 2 rings (SSSR count). The van der Waals surface area contributed by atoms with Gasteiger partial charge in [-0.25, -0.2) is 4.79 Å². The van der Waals surface area contributed by atoms with E-state index in [9.17, 15) is 14.4 Å². The molecular formula is C21H29N3O4. The summed E-state index contributed by atoms with van der Waals surface area (Å²) in [5, 5.41) is 8.02. The lowest BCUT2D eigenvalue weighted by Crippen LogP contribution is -2.39. The highest BCUT2D eigenvalue weighted by Gasteiger charge is 2.16. The summed E-state index contributed by atoms with van der Waals surface area (Å²) in [6.45, 7) is 5.30. The zero-order valence-electron chi connectivity index (χ0n) is 16.8. The lowest BCUT2D eigenvalue weighted by atomic mass is 10.1. The first-order valence-corrected chi connectivity index (χ1v) is 9.55. The fraction of sp³-hybridized carbons (Fsp3) is 0.476. The van der Waals surface area contributed by atoms with Gasteiger partial charge in [0, 0.05) is 18.3 Å². The summed E-state index contributed by atoms with van der Waals surface area (Å²) in [6.07, 6.45) is 5.27. The van der Waals surface area contributed by atoms with Crippen molar-refractivity contribution in [3.63, 3.8) is 0 Å². The van der Waals surface area contributed by atoms with Crippen LogP contribution in [0.25, 0.3) is 0 Å². The molecule has 0 aliphatic heterocycles. The number of carbonyl (C=O) groups is 3. The van der Waals surface area contributed by atoms with Crippen molar-refractivity contribution in [2.24, 2.45) is 0 Å². The molecule has 0 spiro atoms. The molecule has 0 unspecified atom stereocenters. The van der Waals surface area contributed by atoms with E-state index in [2.05, 4.69) is 16.0 Å². The van der Waals surface area contributed by atoms with Crippen LogP contribution in [0, 0.1) is 0 Å². The smallest absolute Gasteiger partial charge is 0.408 e. The molecule has 1 saturated carbocycles. The van der Waals surface area contributed by atoms with Crippen molar-refractivity contribution in [3.05, 3.63) is 41.5 Å². The molecule has 0 saturated heterocycles. The predicted octanol–water partition coefficient (Wildman–Crippen LogP) is 3.27. The molecule has 1 aromatic rings. The van der Waals surface area contributed by atoms with Gasteiger partial charge in [-0.15, -0.1) is 0 Å². The fourth-order valence-corrected chi connectivity index (χ4v) is 2.85. The summed E-state index contributed by atoms with van der Waals surface area (Å²) >= 11 is 0. The Kier molecular flexibility index (Phi) is 7.61. The standard InChI is InChI=1S/C21H29N3O4/c1-21(2,3)28-20(27)23-14-19(26)22-13-16-10-6-7-11-17(16)24-18(25)12-15-8-4-5-9-15/h6-7,10-12H,4-5,8-9,13-14H2,1-3H3,(H,22,26)(H,23,27)(H,24,25). The lowest BCUT2D eigenvalue weighted by Gasteiger charge is -2.19. The Morgan fingerprint density at radius 3 is 2.43 bits per heavy atom. The van der Waals surface area contributed by atoms with Crippen LogP contribution in [-0.4, -0.2) is 30.1 Å². The second-order valence-electron chi connectivity index (χ2n) is 7.79. The normalized spacial score (nSPS) is 13.6. The molecule has 3 amide bonds. The first-order valence-electron chi connectivity index (χ1n) is 9.55. The van der Waals surface area contributed by atoms with Gasteiger partial charge < -0.3 is 20.7 Å². The van der Waals surface area contributed by atoms with E-state index in [0.717, 1.165) is 31.2 Å². The lowest BCUT2D eigenvalue weighted by molar-refractivity contribution is -0.120. The van der Waals surface area contributed by atoms with Crippen LogP contribution in [-0.2, 0) is 20.9 Å². The number of amides is 3. The van der Waals surface area contributed by atoms with E-state index in [1.54, 1.807) is 32.9 Å². The van der Waals surface area contributed by atoms with Gasteiger partial charge in [-0.05, 0) is 58.1 Å². The van der Waals surface area contributed by atoms with Gasteiger partial charge in [0.2, 0.25) is 11.8 Å². The minimum atomic E-state index is -0.643. The number of carbonyl (C=O) groups excluding carboxylic acids is 3. The highest BCUT2D eigenvalue weighted by atomic mass is 16.6. The maximum absolute atomic E-state index is 12.2. The molecule has 0 radical (unpaired) electrons. The van der Waals surface area contributed by atoms with Gasteiger partial charge in [0.25, 0.3) is 0 Å². The Hall–Kier alpha value is -2.83. The Morgan fingerprint density at radius 1 is 1.07 bits per heavy atom. The van der Waals surface area contributed by atoms with Gasteiger partial charge in [0.15, 0.2) is 0 Å². The number of ether oxygens (including phenoxy) is 1. The number of rotatable bonds is 6. The van der Waals surface area contributed by atoms with Crippen LogP contribution in [0.4, 0.5) is 10.5 Å². The number of nitrogens with one attached hydrogen (secondary N) is 3. The average Bonchev–Trinajstić information content (AvgIpc) is 3.10. The van der Waals surface area contributed by atoms with Crippen LogP contribution in [0.1, 0.15) is 52.0 Å². The number of para-hydroxylation sites is 1. The number of hydrogen-bond acceptors (Lipinski definition) is 4. The Labute approximate surface area is 165 Å². The van der Waals surface area contributed by atoms with Crippen molar-refractivity contribution >= 4 is 23.6 Å². The van der Waals surface area contributed by atoms with Crippen LogP contribution in [0.3, 0.4) is 0 Å². The van der Waals surface area contributed by atoms with Gasteiger partial charge in [-0.1, -0.05) is 23.8 Å². The van der Waals surface area contributed by atoms with Gasteiger partial charge in [0.1, 0.15) is 12.1 Å². The van der Waals surface area contributed by atoms with E-state index in [1.807, 2.05) is 18.2 Å². The van der Waals surface area contributed by atoms with Crippen LogP contribution >= 0.6 is 0 Å². The quantitative estimate of drug-likeness (QED) is 0.653. The highest BCUT2D eigenvalue weighted by Crippen LogP contribution is 2.24. The van der Waals surface area contributed by atoms with Crippen LogP contribution < -0.4 is 16.0 Å². The number of benzene rings is 1. The highest BCUT2D eigenvalue weighted by molar-refractivity contribution is 6.00. The number of alkyl carbamates (subject to hydrolysis) is 1. The van der Waals surface area contributed by atoms with E-state index < -0.39 is 11.7 Å². The number of allylic oxidation sites excluding steroid dienone is 1. The molecule has 152 valence electrons. The van der Waals surface area contributed by atoms with E-state index >= 15 is 0 Å². The first-order chi connectivity index (χ1) is 13.2. The maximum Gasteiger partial charge on any atom is 0.408 e. The van der Waals surface area contributed by atoms with Gasteiger partial charge in [0.05, 0.1) is 0 Å². The monoisotopic (exact) mass is 387 g/mol. The summed E-state index contributed by atoms with van der Waals surface area (Å²) < 4.78 is 5.09. The zero-order chi connectivity index (χ0) is 20.6. The largest absolute Gasteiger partial charge is 0.444 e. The molecule has 28 heavy (non-hydrogen) atoms. The van der Waals surface area contributed by atoms with Gasteiger partial charge >= 0.3 is 6.09 Å². The maximum atomic E-state index is 12.2. The van der Waals surface area contributed by atoms with Crippen LogP contribution in [0.5, 0.6) is 0 Å². The number of anilines is 1. The Morgan fingerprint density at radius 2 is 1.75 bits per heavy atom. The molecule has 7 nitrogen and oxygen atoms in total. The van der Waals surface area contributed by atoms with Crippen molar-refractivity contribution < 1.29 is 19.1 Å². The van der Waals surface area contributed by atoms with Crippen molar-refractivity contribution in [2.75, 3.05) is 11.9 Å². The van der Waals surface area contributed by atoms with Crippen molar-refractivity contribution in [2.45, 2.75) is 58.6 Å². The summed E-state index contributed by atoms with van der Waals surface area (Å²) in [6, 6.07) is 7.30. The van der Waals surface area contributed by atoms with Crippen LogP contribution in [0.15, 0.2) is 35.9 Å². The average molecular weight is 387 g/mol. The van der Waals surface area contributed by atoms with Crippen molar-refractivity contribution in [3.8, 4) is 0 Å². The van der Waals surface area contributed by atoms with E-state index in [4.69, 9.17) is 4.74 Å². The molecule has 0 aromatic heterocycles. The summed E-state index contributed by atoms with van der Waals surface area (Å²) in [7, 11) is 0. The molecule has 1 aromatic carbocycles. The minimum absolute atomic E-state index is 0.151. The molecule has 3 N–H and O–H groups in total. The molecule has 1 fully saturated rings. The zero-order valence-corrected chi connectivity index (χ0v) is 16.8. The topological polar surface area (TPSA) is 96.5 Å². The predicted molar refractivity (Wildman–Crippen MR) is 108 cm³/mol. The number of hydrogen-bond donors (Lipinski definition) is 3. The molecule has 0 bridgehead atoms. The second-order valence-corrected chi connectivity index (χ2v) is 7.79. The Bertz CT molecular complexity index is 742. The third kappa shape index (κ3) is 7.82. The summed E-state index contributed by atoms with van der Waals surface area (Å²) in [4.78, 5) is 35.8. The molecule has 0 heterocycles. The first kappa shape index (κ1) is 21.5. The molecule has 1 aliphatic rings. The summed E-state index contributed by atoms with van der Waals surface area (Å²) in [5.41, 5.74) is 2.00. The summed E-state index contributed by atoms with van der Waals surface area (Å²) in [5.74, 6) is -0.498.